The Morgan fingerprint density at radius 3 is 2.15 bits per heavy atom. The van der Waals surface area contributed by atoms with Gasteiger partial charge in [0.25, 0.3) is 5.91 Å². The summed E-state index contributed by atoms with van der Waals surface area (Å²) >= 11 is 0. The molecule has 0 aromatic heterocycles. The zero-order valence-electron chi connectivity index (χ0n) is 13.9. The van der Waals surface area contributed by atoms with Crippen LogP contribution in [-0.4, -0.2) is 23.5 Å². The van der Waals surface area contributed by atoms with Crippen LogP contribution >= 0.6 is 0 Å². The number of halogens is 3. The molecular weight excluding hydrogens is 365 g/mol. The standard InChI is InChI=1S/C17H12F3N4O2.H2O/c1-22-12-4-2-3-5-13(12)24-14(15(22)25)16(26)23(21-24)11-8-6-10(7-9-11)17(18,19)20;/h2-9,26H,1H3;1H2. The fourth-order valence-electron chi connectivity index (χ4n) is 2.89. The van der Waals surface area contributed by atoms with E-state index in [1.165, 1.54) is 22.0 Å². The number of amides is 1. The first kappa shape index (κ1) is 18.5. The van der Waals surface area contributed by atoms with Crippen molar-refractivity contribution in [3.8, 4) is 0 Å². The van der Waals surface area contributed by atoms with Crippen LogP contribution in [0.15, 0.2) is 60.1 Å². The normalized spacial score (nSPS) is 16.3. The molecule has 1 amide bonds. The van der Waals surface area contributed by atoms with Crippen LogP contribution in [0, 0.1) is 0 Å². The van der Waals surface area contributed by atoms with E-state index in [1.54, 1.807) is 31.3 Å². The molecule has 2 aliphatic heterocycles. The van der Waals surface area contributed by atoms with Crippen molar-refractivity contribution < 1.29 is 28.5 Å². The average molecular weight is 379 g/mol. The molecule has 4 rings (SSSR count). The van der Waals surface area contributed by atoms with Gasteiger partial charge in [-0.3, -0.25) is 4.79 Å². The number of likely N-dealkylation sites (N-methyl/N-ethyl adjacent to an activating group) is 1. The van der Waals surface area contributed by atoms with Gasteiger partial charge in [-0.25, -0.2) is 10.0 Å². The number of carbonyl (C=O) groups excluding carboxylic acids is 1. The van der Waals surface area contributed by atoms with Crippen molar-refractivity contribution in [3.63, 3.8) is 0 Å². The minimum atomic E-state index is -4.46. The Hall–Kier alpha value is -3.24. The summed E-state index contributed by atoms with van der Waals surface area (Å²) in [6.45, 7) is 0. The number of aliphatic hydroxyl groups is 1. The van der Waals surface area contributed by atoms with E-state index in [-0.39, 0.29) is 16.9 Å². The van der Waals surface area contributed by atoms with E-state index in [2.05, 4.69) is 5.53 Å². The molecule has 2 aliphatic rings. The van der Waals surface area contributed by atoms with Crippen molar-refractivity contribution in [1.29, 1.82) is 0 Å². The summed E-state index contributed by atoms with van der Waals surface area (Å²) in [6, 6.07) is 11.1. The van der Waals surface area contributed by atoms with Crippen molar-refractivity contribution in [1.82, 2.24) is 5.53 Å². The summed E-state index contributed by atoms with van der Waals surface area (Å²) in [6.07, 6.45) is -4.46. The smallest absolute Gasteiger partial charge is 0.416 e. The highest BCUT2D eigenvalue weighted by Gasteiger charge is 2.43. The highest BCUT2D eigenvalue weighted by Crippen LogP contribution is 2.41. The summed E-state index contributed by atoms with van der Waals surface area (Å²) in [5.41, 5.74) is 4.69. The van der Waals surface area contributed by atoms with Crippen LogP contribution in [0.3, 0.4) is 0 Å². The predicted octanol–water partition coefficient (Wildman–Crippen LogP) is 2.35. The van der Waals surface area contributed by atoms with E-state index in [9.17, 15) is 23.1 Å². The number of hydrogen-bond acceptors (Lipinski definition) is 4. The topological polar surface area (TPSA) is 92.6 Å². The van der Waals surface area contributed by atoms with Crippen LogP contribution in [0.2, 0.25) is 0 Å². The van der Waals surface area contributed by atoms with Gasteiger partial charge in [0.2, 0.25) is 5.88 Å². The SMILES string of the molecule is CN1C(=O)C2=C(O)N(c3ccc(C(F)(F)F)cc3)[N]N2c2ccccc21.O. The van der Waals surface area contributed by atoms with Gasteiger partial charge in [0.05, 0.1) is 22.6 Å². The molecule has 141 valence electrons. The summed E-state index contributed by atoms with van der Waals surface area (Å²) in [5, 5.41) is 12.8. The lowest BCUT2D eigenvalue weighted by Gasteiger charge is -2.31. The highest BCUT2D eigenvalue weighted by molar-refractivity contribution is 6.13. The largest absolute Gasteiger partial charge is 0.492 e. The summed E-state index contributed by atoms with van der Waals surface area (Å²) in [4.78, 5) is 14.0. The second-order valence-electron chi connectivity index (χ2n) is 5.78. The molecule has 0 bridgehead atoms. The number of para-hydroxylation sites is 2. The van der Waals surface area contributed by atoms with Crippen molar-refractivity contribution in [2.24, 2.45) is 0 Å². The van der Waals surface area contributed by atoms with Crippen LogP contribution in [-0.2, 0) is 11.0 Å². The molecule has 2 aromatic carbocycles. The van der Waals surface area contributed by atoms with Crippen LogP contribution < -0.4 is 20.5 Å². The van der Waals surface area contributed by atoms with Gasteiger partial charge in [0.1, 0.15) is 0 Å². The molecule has 0 saturated heterocycles. The highest BCUT2D eigenvalue weighted by atomic mass is 19.4. The molecule has 27 heavy (non-hydrogen) atoms. The van der Waals surface area contributed by atoms with Gasteiger partial charge in [-0.2, -0.15) is 13.2 Å². The maximum Gasteiger partial charge on any atom is 0.416 e. The van der Waals surface area contributed by atoms with E-state index in [1.807, 2.05) is 0 Å². The number of nitrogens with zero attached hydrogens (tertiary/aromatic N) is 4. The second-order valence-corrected chi connectivity index (χ2v) is 5.78. The van der Waals surface area contributed by atoms with Gasteiger partial charge < -0.3 is 15.5 Å². The van der Waals surface area contributed by atoms with Crippen molar-refractivity contribution in [3.05, 3.63) is 65.7 Å². The number of alkyl halides is 3. The molecule has 3 N–H and O–H groups in total. The molecule has 2 aromatic rings. The minimum absolute atomic E-state index is 0. The number of carbonyl (C=O) groups is 1. The van der Waals surface area contributed by atoms with Crippen LogP contribution in [0.1, 0.15) is 5.56 Å². The average Bonchev–Trinajstić information content (AvgIpc) is 2.97. The maximum absolute atomic E-state index is 12.7. The van der Waals surface area contributed by atoms with Crippen LogP contribution in [0.25, 0.3) is 0 Å². The third-order valence-electron chi connectivity index (χ3n) is 4.22. The van der Waals surface area contributed by atoms with Gasteiger partial charge in [-0.05, 0) is 41.9 Å². The van der Waals surface area contributed by atoms with Gasteiger partial charge >= 0.3 is 6.18 Å². The van der Waals surface area contributed by atoms with Crippen LogP contribution in [0.5, 0.6) is 0 Å². The molecule has 0 saturated carbocycles. The van der Waals surface area contributed by atoms with E-state index in [0.717, 1.165) is 17.1 Å². The summed E-state index contributed by atoms with van der Waals surface area (Å²) in [7, 11) is 1.57. The Balaban J connectivity index is 0.00000210. The van der Waals surface area contributed by atoms with E-state index in [0.29, 0.717) is 11.4 Å². The first-order valence-electron chi connectivity index (χ1n) is 7.58. The zero-order chi connectivity index (χ0) is 18.6. The molecule has 0 atom stereocenters. The molecule has 10 heteroatoms. The lowest BCUT2D eigenvalue weighted by atomic mass is 10.1. The summed E-state index contributed by atoms with van der Waals surface area (Å²) in [5.74, 6) is -0.921. The van der Waals surface area contributed by atoms with Crippen molar-refractivity contribution in [2.45, 2.75) is 6.18 Å². The molecule has 0 spiro atoms. The van der Waals surface area contributed by atoms with Gasteiger partial charge in [-0.15, -0.1) is 0 Å². The third kappa shape index (κ3) is 2.75. The maximum atomic E-state index is 12.7. The number of fused-ring (bicyclic) bond motifs is 3. The number of rotatable bonds is 1. The van der Waals surface area contributed by atoms with Crippen LogP contribution in [0.4, 0.5) is 30.2 Å². The Morgan fingerprint density at radius 2 is 1.56 bits per heavy atom. The van der Waals surface area contributed by atoms with Crippen molar-refractivity contribution >= 4 is 23.0 Å². The quantitative estimate of drug-likeness (QED) is 0.823. The molecule has 7 nitrogen and oxygen atoms in total. The third-order valence-corrected chi connectivity index (χ3v) is 4.22. The monoisotopic (exact) mass is 379 g/mol. The number of anilines is 3. The zero-order valence-corrected chi connectivity index (χ0v) is 13.9. The van der Waals surface area contributed by atoms with Crippen molar-refractivity contribution in [2.75, 3.05) is 22.0 Å². The molecule has 0 fully saturated rings. The second kappa shape index (κ2) is 6.18. The van der Waals surface area contributed by atoms with Gasteiger partial charge in [0, 0.05) is 7.05 Å². The first-order valence-corrected chi connectivity index (χ1v) is 7.58. The molecule has 2 heterocycles. The Bertz CT molecular complexity index is 928. The van der Waals surface area contributed by atoms with E-state index >= 15 is 0 Å². The summed E-state index contributed by atoms with van der Waals surface area (Å²) < 4.78 is 38.2. The predicted molar refractivity (Wildman–Crippen MR) is 91.7 cm³/mol. The number of benzene rings is 2. The molecule has 0 aliphatic carbocycles. The van der Waals surface area contributed by atoms with E-state index in [4.69, 9.17) is 0 Å². The first-order chi connectivity index (χ1) is 12.3. The van der Waals surface area contributed by atoms with Gasteiger partial charge in [-0.1, -0.05) is 12.1 Å². The lowest BCUT2D eigenvalue weighted by Crippen LogP contribution is -2.43. The number of hydrogen-bond donors (Lipinski definition) is 1. The fourth-order valence-corrected chi connectivity index (χ4v) is 2.89. The number of aliphatic hydroxyl groups excluding tert-OH is 1. The van der Waals surface area contributed by atoms with Gasteiger partial charge in [0.15, 0.2) is 5.70 Å². The Kier molecular flexibility index (Phi) is 4.25. The Labute approximate surface area is 151 Å². The fraction of sp³-hybridized carbons (Fsp3) is 0.118. The molecule has 0 unspecified atom stereocenters. The lowest BCUT2D eigenvalue weighted by molar-refractivity contribution is -0.137. The Morgan fingerprint density at radius 1 is 0.963 bits per heavy atom. The molecular formula is C17H14F3N4O3. The van der Waals surface area contributed by atoms with E-state index < -0.39 is 23.5 Å². The minimum Gasteiger partial charge on any atom is -0.492 e. The molecule has 1 radical (unpaired) electrons.